The van der Waals surface area contributed by atoms with Crippen LogP contribution in [0, 0.1) is 0 Å². The minimum Gasteiger partial charge on any atom is -0.378 e. The van der Waals surface area contributed by atoms with Crippen molar-refractivity contribution in [1.82, 2.24) is 4.90 Å². The summed E-state index contributed by atoms with van der Waals surface area (Å²) >= 11 is 0. The fourth-order valence-electron chi connectivity index (χ4n) is 3.74. The van der Waals surface area contributed by atoms with E-state index in [9.17, 15) is 26.4 Å². The van der Waals surface area contributed by atoms with Crippen LogP contribution >= 0.6 is 0 Å². The van der Waals surface area contributed by atoms with Crippen molar-refractivity contribution in [1.29, 1.82) is 0 Å². The number of hydrogen-bond donors (Lipinski definition) is 1. The maximum atomic E-state index is 13.7. The second kappa shape index (κ2) is 8.67. The van der Waals surface area contributed by atoms with E-state index < -0.39 is 34.2 Å². The number of ether oxygens (including phenoxy) is 1. The molecule has 0 aromatic heterocycles. The number of hydrogen-bond acceptors (Lipinski definition) is 6. The molecule has 0 spiro atoms. The number of carbonyl (C=O) groups is 1. The van der Waals surface area contributed by atoms with Crippen molar-refractivity contribution >= 4 is 33.1 Å². The first kappa shape index (κ1) is 23.1. The lowest BCUT2D eigenvalue weighted by molar-refractivity contribution is -0.136. The number of fused-ring (bicyclic) bond motifs is 1. The number of nitrogens with zero attached hydrogens (tertiary/aromatic N) is 3. The minimum absolute atomic E-state index is 0.0188. The van der Waals surface area contributed by atoms with Crippen LogP contribution in [0.5, 0.6) is 0 Å². The van der Waals surface area contributed by atoms with Crippen LogP contribution in [-0.4, -0.2) is 65.0 Å². The highest BCUT2D eigenvalue weighted by atomic mass is 32.2. The molecule has 2 aliphatic rings. The van der Waals surface area contributed by atoms with Crippen molar-refractivity contribution in [3.8, 4) is 0 Å². The molecule has 1 saturated heterocycles. The van der Waals surface area contributed by atoms with Gasteiger partial charge in [-0.1, -0.05) is 12.1 Å². The summed E-state index contributed by atoms with van der Waals surface area (Å²) in [6.45, 7) is 1.40. The third-order valence-electron chi connectivity index (χ3n) is 5.31. The number of carbonyl (C=O) groups excluding carboxylic acids is 1. The maximum absolute atomic E-state index is 13.7. The summed E-state index contributed by atoms with van der Waals surface area (Å²) in [7, 11) is -2.44. The summed E-state index contributed by atoms with van der Waals surface area (Å²) in [4.78, 5) is 15.7. The maximum Gasteiger partial charge on any atom is 0.418 e. The number of anilines is 2. The zero-order chi connectivity index (χ0) is 23.8. The fraction of sp³-hybridized carbons (Fsp3) is 0.333. The molecule has 0 unspecified atom stereocenters. The van der Waals surface area contributed by atoms with Crippen molar-refractivity contribution in [2.45, 2.75) is 11.1 Å². The van der Waals surface area contributed by atoms with E-state index in [2.05, 4.69) is 9.71 Å². The molecule has 12 heteroatoms. The molecule has 2 aliphatic heterocycles. The Morgan fingerprint density at radius 1 is 1.18 bits per heavy atom. The van der Waals surface area contributed by atoms with Gasteiger partial charge in [-0.05, 0) is 30.3 Å². The Hall–Kier alpha value is -3.12. The molecule has 4 rings (SSSR count). The smallest absolute Gasteiger partial charge is 0.378 e. The van der Waals surface area contributed by atoms with E-state index in [1.165, 1.54) is 30.1 Å². The molecule has 1 N–H and O–H groups in total. The Bertz CT molecular complexity index is 1210. The molecule has 2 aromatic rings. The minimum atomic E-state index is -4.68. The van der Waals surface area contributed by atoms with Crippen molar-refractivity contribution < 1.29 is 31.1 Å². The van der Waals surface area contributed by atoms with Crippen LogP contribution in [0.4, 0.5) is 24.5 Å². The van der Waals surface area contributed by atoms with Gasteiger partial charge in [-0.3, -0.25) is 4.79 Å². The second-order valence-electron chi connectivity index (χ2n) is 7.62. The molecule has 2 aromatic carbocycles. The number of nitrogens with one attached hydrogen (secondary N) is 1. The molecule has 0 bridgehead atoms. The quantitative estimate of drug-likeness (QED) is 0.721. The van der Waals surface area contributed by atoms with Gasteiger partial charge in [-0.25, -0.2) is 0 Å². The lowest BCUT2D eigenvalue weighted by atomic mass is 10.1. The third-order valence-corrected chi connectivity index (χ3v) is 6.64. The van der Waals surface area contributed by atoms with Crippen molar-refractivity contribution in [2.75, 3.05) is 50.1 Å². The van der Waals surface area contributed by atoms with Crippen molar-refractivity contribution in [3.63, 3.8) is 0 Å². The van der Waals surface area contributed by atoms with Crippen LogP contribution in [0.2, 0.25) is 0 Å². The van der Waals surface area contributed by atoms with E-state index in [-0.39, 0.29) is 16.4 Å². The van der Waals surface area contributed by atoms with Gasteiger partial charge >= 0.3 is 6.18 Å². The van der Waals surface area contributed by atoms with Gasteiger partial charge in [0.25, 0.3) is 10.0 Å². The van der Waals surface area contributed by atoms with Gasteiger partial charge < -0.3 is 19.9 Å². The molecule has 0 aliphatic carbocycles. The van der Waals surface area contributed by atoms with Gasteiger partial charge in [0.15, 0.2) is 5.84 Å². The van der Waals surface area contributed by atoms with Gasteiger partial charge in [0.2, 0.25) is 5.91 Å². The van der Waals surface area contributed by atoms with Crippen molar-refractivity contribution in [2.24, 2.45) is 4.40 Å². The molecular formula is C21H21F3N4O4S. The highest BCUT2D eigenvalue weighted by Crippen LogP contribution is 2.37. The van der Waals surface area contributed by atoms with Gasteiger partial charge in [0.05, 0.1) is 31.0 Å². The predicted molar refractivity (Wildman–Crippen MR) is 116 cm³/mol. The standard InChI is InChI=1S/C21H21F3N4O4S/c1-27(20-15-4-2-3-5-18(15)33(30,31)26-20)13-19(29)25-17-7-6-14(12-16(17)21(22,23)24)28-8-10-32-11-9-28/h2-7,12H,8-11,13H2,1H3,(H,25,29). The number of sulfonamides is 1. The Morgan fingerprint density at radius 2 is 1.88 bits per heavy atom. The molecule has 2 heterocycles. The van der Waals surface area contributed by atoms with Crippen LogP contribution in [0.15, 0.2) is 51.8 Å². The predicted octanol–water partition coefficient (Wildman–Crippen LogP) is 2.56. The van der Waals surface area contributed by atoms with Gasteiger partial charge in [-0.2, -0.15) is 21.6 Å². The zero-order valence-electron chi connectivity index (χ0n) is 17.6. The van der Waals surface area contributed by atoms with Gasteiger partial charge in [0, 0.05) is 31.4 Å². The summed E-state index contributed by atoms with van der Waals surface area (Å²) in [5.41, 5.74) is -0.616. The van der Waals surface area contributed by atoms with E-state index in [1.807, 2.05) is 0 Å². The Morgan fingerprint density at radius 3 is 2.58 bits per heavy atom. The number of amidine groups is 1. The molecule has 1 amide bonds. The number of likely N-dealkylation sites (N-methyl/N-ethyl adjacent to an activating group) is 1. The lowest BCUT2D eigenvalue weighted by Crippen LogP contribution is -2.36. The first-order valence-corrected chi connectivity index (χ1v) is 11.5. The number of amides is 1. The summed E-state index contributed by atoms with van der Waals surface area (Å²) in [5, 5.41) is 2.30. The molecule has 1 fully saturated rings. The number of morpholine rings is 1. The molecule has 33 heavy (non-hydrogen) atoms. The molecule has 8 nitrogen and oxygen atoms in total. The number of halogens is 3. The molecule has 176 valence electrons. The first-order valence-electron chi connectivity index (χ1n) is 10.1. The molecular weight excluding hydrogens is 461 g/mol. The number of benzene rings is 2. The van der Waals surface area contributed by atoms with Crippen LogP contribution in [0.3, 0.4) is 0 Å². The third kappa shape index (κ3) is 4.81. The van der Waals surface area contributed by atoms with E-state index in [0.717, 1.165) is 6.07 Å². The van der Waals surface area contributed by atoms with Crippen LogP contribution in [0.25, 0.3) is 0 Å². The molecule has 0 radical (unpaired) electrons. The monoisotopic (exact) mass is 482 g/mol. The van der Waals surface area contributed by atoms with Gasteiger partial charge in [-0.15, -0.1) is 4.40 Å². The molecule has 0 atom stereocenters. The topological polar surface area (TPSA) is 91.3 Å². The zero-order valence-corrected chi connectivity index (χ0v) is 18.4. The van der Waals surface area contributed by atoms with E-state index >= 15 is 0 Å². The van der Waals surface area contributed by atoms with E-state index in [0.29, 0.717) is 37.6 Å². The second-order valence-corrected chi connectivity index (χ2v) is 9.19. The normalized spacial score (nSPS) is 17.3. The summed E-state index contributed by atoms with van der Waals surface area (Å²) < 4.78 is 74.5. The summed E-state index contributed by atoms with van der Waals surface area (Å²) in [6.07, 6.45) is -4.68. The number of alkyl halides is 3. The van der Waals surface area contributed by atoms with Crippen LogP contribution < -0.4 is 10.2 Å². The Labute approximate surface area is 188 Å². The summed E-state index contributed by atoms with van der Waals surface area (Å²) in [5.74, 6) is -0.689. The van der Waals surface area contributed by atoms with Crippen molar-refractivity contribution in [3.05, 3.63) is 53.6 Å². The average molecular weight is 482 g/mol. The SMILES string of the molecule is CN(CC(=O)Nc1ccc(N2CCOCC2)cc1C(F)(F)F)C1=NS(=O)(=O)c2ccccc21. The van der Waals surface area contributed by atoms with Crippen LogP contribution in [0.1, 0.15) is 11.1 Å². The molecule has 0 saturated carbocycles. The van der Waals surface area contributed by atoms with Gasteiger partial charge in [0.1, 0.15) is 4.90 Å². The number of rotatable bonds is 4. The lowest BCUT2D eigenvalue weighted by Gasteiger charge is -2.29. The largest absolute Gasteiger partial charge is 0.418 e. The van der Waals surface area contributed by atoms with E-state index in [4.69, 9.17) is 4.74 Å². The highest BCUT2D eigenvalue weighted by molar-refractivity contribution is 7.90. The summed E-state index contributed by atoms with van der Waals surface area (Å²) in [6, 6.07) is 9.89. The fourth-order valence-corrected chi connectivity index (χ4v) is 4.99. The Balaban J connectivity index is 1.53. The van der Waals surface area contributed by atoms with E-state index in [1.54, 1.807) is 23.1 Å². The average Bonchev–Trinajstić information content (AvgIpc) is 3.05. The highest BCUT2D eigenvalue weighted by Gasteiger charge is 2.35. The first-order chi connectivity index (χ1) is 15.6. The van der Waals surface area contributed by atoms with Crippen LogP contribution in [-0.2, 0) is 25.7 Å². The Kier molecular flexibility index (Phi) is 6.06.